The van der Waals surface area contributed by atoms with E-state index in [4.69, 9.17) is 5.11 Å². The van der Waals surface area contributed by atoms with Crippen molar-refractivity contribution in [2.75, 3.05) is 13.6 Å². The molecule has 0 aromatic rings. The molecule has 0 aromatic heterocycles. The van der Waals surface area contributed by atoms with Gasteiger partial charge in [-0.2, -0.15) is 0 Å². The van der Waals surface area contributed by atoms with E-state index in [0.717, 1.165) is 32.1 Å². The lowest BCUT2D eigenvalue weighted by atomic mass is 9.86. The molecule has 120 valence electrons. The number of rotatable bonds is 4. The number of hydrogen-bond acceptors (Lipinski definition) is 3. The third-order valence-corrected chi connectivity index (χ3v) is 4.88. The van der Waals surface area contributed by atoms with Crippen molar-refractivity contribution < 1.29 is 19.8 Å². The number of carboxylic acids is 1. The smallest absolute Gasteiger partial charge is 0.317 e. The molecule has 21 heavy (non-hydrogen) atoms. The van der Waals surface area contributed by atoms with Crippen LogP contribution in [0.25, 0.3) is 0 Å². The Bertz CT molecular complexity index is 380. The zero-order valence-electron chi connectivity index (χ0n) is 12.6. The largest absolute Gasteiger partial charge is 0.481 e. The van der Waals surface area contributed by atoms with E-state index < -0.39 is 5.97 Å². The summed E-state index contributed by atoms with van der Waals surface area (Å²) in [4.78, 5) is 24.7. The first-order chi connectivity index (χ1) is 9.97. The van der Waals surface area contributed by atoms with Crippen LogP contribution in [0.4, 0.5) is 4.79 Å². The first-order valence-electron chi connectivity index (χ1n) is 7.90. The molecule has 0 radical (unpaired) electrons. The standard InChI is InChI=1S/C15H26N2O4/c1-17(9-11-3-2-4-13(11)18)15(21)16-12-7-5-10(6-8-12)14(19)20/h10-13,18H,2-9H2,1H3,(H,16,21)(H,19,20). The maximum absolute atomic E-state index is 12.1. The van der Waals surface area contributed by atoms with Crippen molar-refractivity contribution in [3.63, 3.8) is 0 Å². The number of nitrogens with zero attached hydrogens (tertiary/aromatic N) is 1. The molecular weight excluding hydrogens is 272 g/mol. The van der Waals surface area contributed by atoms with Crippen molar-refractivity contribution in [1.29, 1.82) is 0 Å². The van der Waals surface area contributed by atoms with Gasteiger partial charge in [0.2, 0.25) is 0 Å². The van der Waals surface area contributed by atoms with Gasteiger partial charge in [0.25, 0.3) is 0 Å². The number of urea groups is 1. The van der Waals surface area contributed by atoms with Gasteiger partial charge >= 0.3 is 12.0 Å². The molecule has 0 aliphatic heterocycles. The average Bonchev–Trinajstić information content (AvgIpc) is 2.84. The van der Waals surface area contributed by atoms with Crippen LogP contribution in [0.2, 0.25) is 0 Å². The van der Waals surface area contributed by atoms with E-state index in [1.807, 2.05) is 0 Å². The summed E-state index contributed by atoms with van der Waals surface area (Å²) in [7, 11) is 1.75. The predicted molar refractivity (Wildman–Crippen MR) is 77.9 cm³/mol. The SMILES string of the molecule is CN(CC1CCCC1O)C(=O)NC1CCC(C(=O)O)CC1. The van der Waals surface area contributed by atoms with E-state index in [2.05, 4.69) is 5.32 Å². The van der Waals surface area contributed by atoms with Crippen LogP contribution in [0.15, 0.2) is 0 Å². The molecule has 0 heterocycles. The Labute approximate surface area is 125 Å². The monoisotopic (exact) mass is 298 g/mol. The van der Waals surface area contributed by atoms with Crippen molar-refractivity contribution in [3.8, 4) is 0 Å². The Morgan fingerprint density at radius 1 is 1.14 bits per heavy atom. The summed E-state index contributed by atoms with van der Waals surface area (Å²) in [5.74, 6) is -0.805. The van der Waals surface area contributed by atoms with Gasteiger partial charge in [-0.05, 0) is 38.5 Å². The lowest BCUT2D eigenvalue weighted by Gasteiger charge is -2.30. The maximum atomic E-state index is 12.1. The molecular formula is C15H26N2O4. The Balaban J connectivity index is 1.72. The number of aliphatic carboxylic acids is 1. The minimum atomic E-state index is -0.730. The highest BCUT2D eigenvalue weighted by Gasteiger charge is 2.30. The molecule has 2 fully saturated rings. The second-order valence-electron chi connectivity index (χ2n) is 6.48. The van der Waals surface area contributed by atoms with E-state index in [-0.39, 0.29) is 30.0 Å². The molecule has 2 aliphatic carbocycles. The number of carbonyl (C=O) groups excluding carboxylic acids is 1. The van der Waals surface area contributed by atoms with Gasteiger partial charge in [-0.1, -0.05) is 6.42 Å². The molecule has 0 saturated heterocycles. The lowest BCUT2D eigenvalue weighted by Crippen LogP contribution is -2.46. The summed E-state index contributed by atoms with van der Waals surface area (Å²) in [6.45, 7) is 0.581. The highest BCUT2D eigenvalue weighted by molar-refractivity contribution is 5.74. The van der Waals surface area contributed by atoms with Crippen LogP contribution in [0.3, 0.4) is 0 Å². The van der Waals surface area contributed by atoms with Gasteiger partial charge in [-0.15, -0.1) is 0 Å². The van der Waals surface area contributed by atoms with Crippen LogP contribution in [0, 0.1) is 11.8 Å². The minimum Gasteiger partial charge on any atom is -0.481 e. The molecule has 2 saturated carbocycles. The van der Waals surface area contributed by atoms with Gasteiger partial charge in [0.1, 0.15) is 0 Å². The molecule has 6 nitrogen and oxygen atoms in total. The second-order valence-corrected chi connectivity index (χ2v) is 6.48. The molecule has 0 aromatic carbocycles. The number of hydrogen-bond donors (Lipinski definition) is 3. The van der Waals surface area contributed by atoms with Gasteiger partial charge in [-0.25, -0.2) is 4.79 Å². The first-order valence-corrected chi connectivity index (χ1v) is 7.90. The Hall–Kier alpha value is -1.30. The summed E-state index contributed by atoms with van der Waals surface area (Å²) in [5.41, 5.74) is 0. The molecule has 3 N–H and O–H groups in total. The van der Waals surface area contributed by atoms with E-state index >= 15 is 0 Å². The van der Waals surface area contributed by atoms with Crippen molar-refractivity contribution in [2.24, 2.45) is 11.8 Å². The Morgan fingerprint density at radius 3 is 2.33 bits per heavy atom. The van der Waals surface area contributed by atoms with Crippen LogP contribution in [-0.2, 0) is 4.79 Å². The summed E-state index contributed by atoms with van der Waals surface area (Å²) in [6.07, 6.45) is 5.26. The number of aliphatic hydroxyl groups excluding tert-OH is 1. The predicted octanol–water partition coefficient (Wildman–Crippen LogP) is 1.43. The fraction of sp³-hybridized carbons (Fsp3) is 0.867. The molecule has 2 unspecified atom stereocenters. The third kappa shape index (κ3) is 4.33. The number of carboxylic acid groups (broad SMARTS) is 1. The second kappa shape index (κ2) is 7.11. The Kier molecular flexibility index (Phi) is 5.45. The van der Waals surface area contributed by atoms with E-state index in [1.54, 1.807) is 11.9 Å². The number of nitrogens with one attached hydrogen (secondary N) is 1. The van der Waals surface area contributed by atoms with Gasteiger partial charge in [0.15, 0.2) is 0 Å². The molecule has 0 bridgehead atoms. The van der Waals surface area contributed by atoms with Crippen LogP contribution >= 0.6 is 0 Å². The van der Waals surface area contributed by atoms with Gasteiger partial charge < -0.3 is 20.4 Å². The summed E-state index contributed by atoms with van der Waals surface area (Å²) >= 11 is 0. The minimum absolute atomic E-state index is 0.0732. The zero-order chi connectivity index (χ0) is 15.4. The van der Waals surface area contributed by atoms with Gasteiger partial charge in [0, 0.05) is 25.6 Å². The van der Waals surface area contributed by atoms with Gasteiger partial charge in [-0.3, -0.25) is 4.79 Å². The summed E-state index contributed by atoms with van der Waals surface area (Å²) < 4.78 is 0. The Morgan fingerprint density at radius 2 is 1.81 bits per heavy atom. The third-order valence-electron chi connectivity index (χ3n) is 4.88. The fourth-order valence-corrected chi connectivity index (χ4v) is 3.43. The highest BCUT2D eigenvalue weighted by Crippen LogP contribution is 2.27. The van der Waals surface area contributed by atoms with E-state index in [9.17, 15) is 14.7 Å². The van der Waals surface area contributed by atoms with E-state index in [1.165, 1.54) is 0 Å². The van der Waals surface area contributed by atoms with Crippen molar-refractivity contribution in [1.82, 2.24) is 10.2 Å². The van der Waals surface area contributed by atoms with Gasteiger partial charge in [0.05, 0.1) is 12.0 Å². The average molecular weight is 298 g/mol. The van der Waals surface area contributed by atoms with Crippen LogP contribution in [-0.4, -0.2) is 52.9 Å². The molecule has 6 heteroatoms. The highest BCUT2D eigenvalue weighted by atomic mass is 16.4. The number of amides is 2. The van der Waals surface area contributed by atoms with Crippen molar-refractivity contribution in [2.45, 2.75) is 57.1 Å². The quantitative estimate of drug-likeness (QED) is 0.732. The fourth-order valence-electron chi connectivity index (χ4n) is 3.43. The molecule has 0 spiro atoms. The summed E-state index contributed by atoms with van der Waals surface area (Å²) in [6, 6.07) is -0.0445. The molecule has 2 aliphatic rings. The first kappa shape index (κ1) is 16.1. The van der Waals surface area contributed by atoms with Crippen LogP contribution in [0.5, 0.6) is 0 Å². The molecule has 2 atom stereocenters. The number of aliphatic hydroxyl groups is 1. The zero-order valence-corrected chi connectivity index (χ0v) is 12.6. The van der Waals surface area contributed by atoms with E-state index in [0.29, 0.717) is 19.4 Å². The summed E-state index contributed by atoms with van der Waals surface area (Å²) in [5, 5.41) is 21.7. The normalized spacial score (nSPS) is 32.7. The lowest BCUT2D eigenvalue weighted by molar-refractivity contribution is -0.142. The van der Waals surface area contributed by atoms with Crippen molar-refractivity contribution >= 4 is 12.0 Å². The van der Waals surface area contributed by atoms with Crippen molar-refractivity contribution in [3.05, 3.63) is 0 Å². The topological polar surface area (TPSA) is 89.9 Å². The van der Waals surface area contributed by atoms with Crippen LogP contribution in [0.1, 0.15) is 44.9 Å². The molecule has 2 amide bonds. The maximum Gasteiger partial charge on any atom is 0.317 e. The molecule has 2 rings (SSSR count). The van der Waals surface area contributed by atoms with Crippen LogP contribution < -0.4 is 5.32 Å². The number of carbonyl (C=O) groups is 2.